The maximum atomic E-state index is 14.1. The first-order valence-corrected chi connectivity index (χ1v) is 17.9. The standard InChI is InChI=1S/C34H35Cl2N7O5S/c1-21-17-22(2)40-32-24(21)5-3-7-29(32)48-20-25-26(35)9-11-30(31(25)36)49(46,47)43-12-4-6-28(43)34(45)42-15-13-41(14-16-42)33(44)27-10-8-23(18-38-27)19-39-37/h3,5,7-11,17-19,28H,4,6,12-16,20,37H2,1-2H3/t28-/m0/s1. The van der Waals surface area contributed by atoms with Crippen molar-refractivity contribution < 1.29 is 22.7 Å². The van der Waals surface area contributed by atoms with Crippen molar-refractivity contribution in [3.8, 4) is 5.75 Å². The van der Waals surface area contributed by atoms with E-state index in [0.717, 1.165) is 16.6 Å². The van der Waals surface area contributed by atoms with Gasteiger partial charge in [-0.25, -0.2) is 13.4 Å². The van der Waals surface area contributed by atoms with Crippen molar-refractivity contribution in [3.63, 3.8) is 0 Å². The number of benzene rings is 2. The Morgan fingerprint density at radius 1 is 1.04 bits per heavy atom. The van der Waals surface area contributed by atoms with E-state index in [1.165, 1.54) is 28.8 Å². The zero-order chi connectivity index (χ0) is 34.9. The number of amides is 2. The number of carbonyl (C=O) groups excluding carboxylic acids is 2. The maximum absolute atomic E-state index is 14.1. The van der Waals surface area contributed by atoms with E-state index in [9.17, 15) is 18.0 Å². The van der Waals surface area contributed by atoms with E-state index in [4.69, 9.17) is 33.8 Å². The van der Waals surface area contributed by atoms with Crippen molar-refractivity contribution in [2.75, 3.05) is 32.7 Å². The number of halogens is 2. The van der Waals surface area contributed by atoms with Gasteiger partial charge in [-0.2, -0.15) is 9.41 Å². The smallest absolute Gasteiger partial charge is 0.272 e. The number of ether oxygens (including phenoxy) is 1. The molecule has 15 heteroatoms. The van der Waals surface area contributed by atoms with Gasteiger partial charge < -0.3 is 20.4 Å². The maximum Gasteiger partial charge on any atom is 0.272 e. The second kappa shape index (κ2) is 14.3. The highest BCUT2D eigenvalue weighted by Gasteiger charge is 2.43. The van der Waals surface area contributed by atoms with E-state index in [0.29, 0.717) is 35.2 Å². The third-order valence-electron chi connectivity index (χ3n) is 8.84. The third kappa shape index (κ3) is 6.93. The van der Waals surface area contributed by atoms with Gasteiger partial charge in [-0.05, 0) is 68.7 Å². The Kier molecular flexibility index (Phi) is 10.1. The van der Waals surface area contributed by atoms with Crippen molar-refractivity contribution in [1.29, 1.82) is 0 Å². The Balaban J connectivity index is 1.15. The second-order valence-electron chi connectivity index (χ2n) is 12.0. The van der Waals surface area contributed by atoms with E-state index in [1.807, 2.05) is 32.0 Å². The summed E-state index contributed by atoms with van der Waals surface area (Å²) in [6, 6.07) is 12.8. The molecule has 0 bridgehead atoms. The van der Waals surface area contributed by atoms with Crippen molar-refractivity contribution in [3.05, 3.63) is 92.9 Å². The lowest BCUT2D eigenvalue weighted by Crippen LogP contribution is -2.55. The molecule has 2 aliphatic rings. The molecule has 0 aliphatic carbocycles. The summed E-state index contributed by atoms with van der Waals surface area (Å²) in [5, 5.41) is 4.58. The molecule has 4 aromatic rings. The highest BCUT2D eigenvalue weighted by Crippen LogP contribution is 2.37. The normalized spacial score (nSPS) is 17.3. The first-order chi connectivity index (χ1) is 23.5. The quantitative estimate of drug-likeness (QED) is 0.158. The predicted octanol–water partition coefficient (Wildman–Crippen LogP) is 4.56. The number of hydrogen-bond acceptors (Lipinski definition) is 9. The molecule has 2 amide bonds. The number of fused-ring (bicyclic) bond motifs is 1. The third-order valence-corrected chi connectivity index (χ3v) is 11.7. The summed E-state index contributed by atoms with van der Waals surface area (Å²) in [5.41, 5.74) is 3.83. The molecule has 0 saturated carbocycles. The molecule has 2 saturated heterocycles. The zero-order valence-corrected chi connectivity index (χ0v) is 29.3. The molecule has 2 aliphatic heterocycles. The van der Waals surface area contributed by atoms with Gasteiger partial charge in [0.05, 0.1) is 11.2 Å². The van der Waals surface area contributed by atoms with Crippen molar-refractivity contribution in [2.24, 2.45) is 10.9 Å². The fourth-order valence-electron chi connectivity index (χ4n) is 6.33. The van der Waals surface area contributed by atoms with Gasteiger partial charge in [0.25, 0.3) is 5.91 Å². The Morgan fingerprint density at radius 2 is 1.80 bits per heavy atom. The van der Waals surface area contributed by atoms with E-state index >= 15 is 0 Å². The van der Waals surface area contributed by atoms with E-state index in [2.05, 4.69) is 15.1 Å². The van der Waals surface area contributed by atoms with Gasteiger partial charge in [0.15, 0.2) is 0 Å². The zero-order valence-electron chi connectivity index (χ0n) is 27.0. The fourth-order valence-corrected chi connectivity index (χ4v) is 8.84. The number of carbonyl (C=O) groups is 2. The molecule has 1 atom stereocenters. The largest absolute Gasteiger partial charge is 0.487 e. The Bertz CT molecular complexity index is 2050. The summed E-state index contributed by atoms with van der Waals surface area (Å²) >= 11 is 13.3. The summed E-state index contributed by atoms with van der Waals surface area (Å²) < 4.78 is 35.6. The van der Waals surface area contributed by atoms with Crippen molar-refractivity contribution in [1.82, 2.24) is 24.1 Å². The van der Waals surface area contributed by atoms with Crippen LogP contribution >= 0.6 is 23.2 Å². The molecule has 2 aromatic heterocycles. The van der Waals surface area contributed by atoms with Crippen LogP contribution in [0.3, 0.4) is 0 Å². The van der Waals surface area contributed by atoms with Crippen LogP contribution in [-0.2, 0) is 21.4 Å². The number of aryl methyl sites for hydroxylation is 2. The monoisotopic (exact) mass is 723 g/mol. The molecule has 2 fully saturated rings. The number of hydrogen-bond donors (Lipinski definition) is 1. The summed E-state index contributed by atoms with van der Waals surface area (Å²) in [7, 11) is -4.20. The van der Waals surface area contributed by atoms with Crippen LogP contribution in [0.1, 0.15) is 45.7 Å². The van der Waals surface area contributed by atoms with Gasteiger partial charge >= 0.3 is 0 Å². The number of sulfonamides is 1. The number of para-hydroxylation sites is 1. The van der Waals surface area contributed by atoms with Crippen LogP contribution in [0, 0.1) is 13.8 Å². The minimum atomic E-state index is -4.20. The first kappa shape index (κ1) is 34.6. The minimum absolute atomic E-state index is 0.0600. The molecule has 0 radical (unpaired) electrons. The summed E-state index contributed by atoms with van der Waals surface area (Å²) in [6.07, 6.45) is 3.82. The summed E-state index contributed by atoms with van der Waals surface area (Å²) in [6.45, 7) is 5.07. The topological polar surface area (TPSA) is 151 Å². The molecule has 0 spiro atoms. The molecular weight excluding hydrogens is 689 g/mol. The average molecular weight is 725 g/mol. The van der Waals surface area contributed by atoms with Crippen LogP contribution in [0.5, 0.6) is 5.75 Å². The number of rotatable bonds is 8. The number of aromatic nitrogens is 2. The van der Waals surface area contributed by atoms with Crippen LogP contribution in [0.4, 0.5) is 0 Å². The van der Waals surface area contributed by atoms with E-state index in [1.54, 1.807) is 28.0 Å². The number of nitrogens with two attached hydrogens (primary N) is 1. The lowest BCUT2D eigenvalue weighted by Gasteiger charge is -2.37. The second-order valence-corrected chi connectivity index (χ2v) is 14.6. The molecule has 0 unspecified atom stereocenters. The van der Waals surface area contributed by atoms with E-state index in [-0.39, 0.29) is 71.8 Å². The summed E-state index contributed by atoms with van der Waals surface area (Å²) in [4.78, 5) is 38.7. The van der Waals surface area contributed by atoms with Crippen LogP contribution in [0.15, 0.2) is 64.7 Å². The predicted molar refractivity (Wildman–Crippen MR) is 187 cm³/mol. The lowest BCUT2D eigenvalue weighted by atomic mass is 10.1. The minimum Gasteiger partial charge on any atom is -0.487 e. The molecule has 12 nitrogen and oxygen atoms in total. The number of hydrazone groups is 1. The average Bonchev–Trinajstić information content (AvgIpc) is 3.59. The number of pyridine rings is 2. The Labute approximate surface area is 294 Å². The molecule has 256 valence electrons. The first-order valence-electron chi connectivity index (χ1n) is 15.8. The highest BCUT2D eigenvalue weighted by atomic mass is 35.5. The van der Waals surface area contributed by atoms with Crippen LogP contribution in [0.2, 0.25) is 10.0 Å². The SMILES string of the molecule is Cc1cc(C)c2cccc(OCc3c(Cl)ccc(S(=O)(=O)N4CCC[C@H]4C(=O)N4CCN(C(=O)c5ccc(C=NN)cn5)CC4)c3Cl)c2n1. The van der Waals surface area contributed by atoms with Gasteiger partial charge in [-0.1, -0.05) is 35.3 Å². The van der Waals surface area contributed by atoms with Crippen LogP contribution < -0.4 is 10.6 Å². The van der Waals surface area contributed by atoms with Crippen molar-refractivity contribution in [2.45, 2.75) is 44.2 Å². The molecule has 6 rings (SSSR count). The summed E-state index contributed by atoms with van der Waals surface area (Å²) in [5.74, 6) is 5.12. The van der Waals surface area contributed by atoms with Gasteiger partial charge in [-0.3, -0.25) is 14.6 Å². The molecule has 2 aromatic carbocycles. The number of nitrogens with zero attached hydrogens (tertiary/aromatic N) is 6. The van der Waals surface area contributed by atoms with Gasteiger partial charge in [0.1, 0.15) is 34.5 Å². The Hall–Kier alpha value is -4.30. The van der Waals surface area contributed by atoms with Gasteiger partial charge in [-0.15, -0.1) is 0 Å². The highest BCUT2D eigenvalue weighted by molar-refractivity contribution is 7.89. The van der Waals surface area contributed by atoms with Crippen LogP contribution in [0.25, 0.3) is 10.9 Å². The van der Waals surface area contributed by atoms with Gasteiger partial charge in [0.2, 0.25) is 15.9 Å². The number of piperazine rings is 1. The fraction of sp³-hybridized carbons (Fsp3) is 0.324. The molecule has 4 heterocycles. The lowest BCUT2D eigenvalue weighted by molar-refractivity contribution is -0.136. The van der Waals surface area contributed by atoms with Crippen LogP contribution in [-0.4, -0.2) is 89.3 Å². The Morgan fingerprint density at radius 3 is 2.51 bits per heavy atom. The molecule has 49 heavy (non-hydrogen) atoms. The van der Waals surface area contributed by atoms with Gasteiger partial charge in [0, 0.05) is 66.2 Å². The molecular formula is C34H35Cl2N7O5S. The van der Waals surface area contributed by atoms with Crippen molar-refractivity contribution >= 4 is 62.2 Å². The van der Waals surface area contributed by atoms with E-state index < -0.39 is 16.1 Å². The molecule has 2 N–H and O–H groups in total.